The Hall–Kier alpha value is 0.247. The van der Waals surface area contributed by atoms with Gasteiger partial charge in [-0.05, 0) is 31.2 Å². The quantitative estimate of drug-likeness (QED) is 0.356. The summed E-state index contributed by atoms with van der Waals surface area (Å²) in [5.74, 6) is 0. The molecule has 0 radical (unpaired) electrons. The SMILES string of the molecule is CC(C1=CCCCC1)[Si](C)(C)Cl. The van der Waals surface area contributed by atoms with Gasteiger partial charge in [0.05, 0.1) is 0 Å². The van der Waals surface area contributed by atoms with Crippen molar-refractivity contribution in [3.05, 3.63) is 11.6 Å². The van der Waals surface area contributed by atoms with Gasteiger partial charge in [0.1, 0.15) is 0 Å². The van der Waals surface area contributed by atoms with Gasteiger partial charge in [-0.3, -0.25) is 0 Å². The van der Waals surface area contributed by atoms with E-state index in [0.717, 1.165) is 0 Å². The monoisotopic (exact) mass is 202 g/mol. The van der Waals surface area contributed by atoms with Crippen molar-refractivity contribution < 1.29 is 0 Å². The van der Waals surface area contributed by atoms with Gasteiger partial charge in [0.2, 0.25) is 0 Å². The third-order valence-corrected chi connectivity index (χ3v) is 6.32. The zero-order chi connectivity index (χ0) is 9.19. The Morgan fingerprint density at radius 1 is 1.42 bits per heavy atom. The third-order valence-electron chi connectivity index (χ3n) is 2.91. The first-order valence-corrected chi connectivity index (χ1v) is 8.98. The first kappa shape index (κ1) is 10.3. The van der Waals surface area contributed by atoms with Crippen LogP contribution >= 0.6 is 11.1 Å². The maximum atomic E-state index is 6.42. The molecule has 0 heterocycles. The average molecular weight is 203 g/mol. The minimum atomic E-state index is -1.44. The van der Waals surface area contributed by atoms with E-state index in [2.05, 4.69) is 26.1 Å². The minimum Gasteiger partial charge on any atom is -0.167 e. The molecular formula is C10H19ClSi. The summed E-state index contributed by atoms with van der Waals surface area (Å²) < 4.78 is 0. The maximum Gasteiger partial charge on any atom is 0.157 e. The van der Waals surface area contributed by atoms with Gasteiger partial charge in [-0.15, -0.1) is 0 Å². The smallest absolute Gasteiger partial charge is 0.157 e. The fraction of sp³-hybridized carbons (Fsp3) is 0.800. The van der Waals surface area contributed by atoms with E-state index >= 15 is 0 Å². The van der Waals surface area contributed by atoms with Crippen LogP contribution in [0.1, 0.15) is 32.6 Å². The lowest BCUT2D eigenvalue weighted by molar-refractivity contribution is 0.681. The molecule has 70 valence electrons. The Balaban J connectivity index is 2.62. The second-order valence-corrected chi connectivity index (χ2v) is 11.2. The van der Waals surface area contributed by atoms with Crippen LogP contribution in [0.3, 0.4) is 0 Å². The summed E-state index contributed by atoms with van der Waals surface area (Å²) in [7, 11) is -1.44. The second kappa shape index (κ2) is 3.97. The summed E-state index contributed by atoms with van der Waals surface area (Å²) in [6.07, 6.45) is 7.74. The van der Waals surface area contributed by atoms with E-state index in [1.807, 2.05) is 0 Å². The molecule has 0 bridgehead atoms. The molecule has 1 atom stereocenters. The van der Waals surface area contributed by atoms with Crippen LogP contribution in [0, 0.1) is 0 Å². The second-order valence-electron chi connectivity index (χ2n) is 4.31. The molecule has 12 heavy (non-hydrogen) atoms. The normalized spacial score (nSPS) is 21.8. The van der Waals surface area contributed by atoms with Gasteiger partial charge in [0, 0.05) is 0 Å². The van der Waals surface area contributed by atoms with E-state index < -0.39 is 7.38 Å². The Morgan fingerprint density at radius 3 is 2.50 bits per heavy atom. The molecule has 0 N–H and O–H groups in total. The molecule has 0 aromatic rings. The molecule has 0 saturated carbocycles. The average Bonchev–Trinajstić information content (AvgIpc) is 2.03. The first-order valence-electron chi connectivity index (χ1n) is 4.89. The molecule has 0 fully saturated rings. The maximum absolute atomic E-state index is 6.42. The van der Waals surface area contributed by atoms with Crippen LogP contribution in [0.25, 0.3) is 0 Å². The van der Waals surface area contributed by atoms with Gasteiger partial charge >= 0.3 is 0 Å². The summed E-state index contributed by atoms with van der Waals surface area (Å²) in [5.41, 5.74) is 2.30. The molecular weight excluding hydrogens is 184 g/mol. The zero-order valence-electron chi connectivity index (χ0n) is 8.36. The van der Waals surface area contributed by atoms with Crippen molar-refractivity contribution in [2.45, 2.75) is 51.2 Å². The Labute approximate surface area is 81.7 Å². The van der Waals surface area contributed by atoms with Crippen molar-refractivity contribution in [1.29, 1.82) is 0 Å². The van der Waals surface area contributed by atoms with Crippen LogP contribution in [0.5, 0.6) is 0 Å². The van der Waals surface area contributed by atoms with Crippen LogP contribution in [0.2, 0.25) is 18.6 Å². The highest BCUT2D eigenvalue weighted by Gasteiger charge is 2.28. The molecule has 0 aromatic carbocycles. The van der Waals surface area contributed by atoms with Crippen molar-refractivity contribution in [3.63, 3.8) is 0 Å². The Morgan fingerprint density at radius 2 is 2.08 bits per heavy atom. The summed E-state index contributed by atoms with van der Waals surface area (Å²) in [5, 5.41) is 0. The van der Waals surface area contributed by atoms with E-state index in [0.29, 0.717) is 5.54 Å². The topological polar surface area (TPSA) is 0 Å². The lowest BCUT2D eigenvalue weighted by atomic mass is 9.97. The highest BCUT2D eigenvalue weighted by molar-refractivity contribution is 7.20. The number of rotatable bonds is 2. The molecule has 1 rings (SSSR count). The number of allylic oxidation sites excluding steroid dienone is 2. The van der Waals surface area contributed by atoms with Crippen LogP contribution in [-0.4, -0.2) is 7.38 Å². The van der Waals surface area contributed by atoms with Crippen molar-refractivity contribution in [2.24, 2.45) is 0 Å². The van der Waals surface area contributed by atoms with Crippen LogP contribution in [0.15, 0.2) is 11.6 Å². The summed E-state index contributed by atoms with van der Waals surface area (Å²) in [6.45, 7) is 6.79. The van der Waals surface area contributed by atoms with Crippen molar-refractivity contribution in [1.82, 2.24) is 0 Å². The largest absolute Gasteiger partial charge is 0.167 e. The van der Waals surface area contributed by atoms with Crippen LogP contribution < -0.4 is 0 Å². The Bertz CT molecular complexity index is 179. The summed E-state index contributed by atoms with van der Waals surface area (Å²) >= 11 is 6.42. The lowest BCUT2D eigenvalue weighted by Crippen LogP contribution is -2.25. The van der Waals surface area contributed by atoms with Gasteiger partial charge in [-0.2, -0.15) is 11.1 Å². The highest BCUT2D eigenvalue weighted by atomic mass is 35.6. The van der Waals surface area contributed by atoms with E-state index in [1.165, 1.54) is 25.7 Å². The molecule has 1 aliphatic carbocycles. The fourth-order valence-corrected chi connectivity index (χ4v) is 3.26. The summed E-state index contributed by atoms with van der Waals surface area (Å²) in [6, 6.07) is 0. The van der Waals surface area contributed by atoms with E-state index in [9.17, 15) is 0 Å². The molecule has 0 spiro atoms. The number of halogens is 1. The van der Waals surface area contributed by atoms with Crippen molar-refractivity contribution in [2.75, 3.05) is 0 Å². The van der Waals surface area contributed by atoms with E-state index in [1.54, 1.807) is 5.57 Å². The van der Waals surface area contributed by atoms with Gasteiger partial charge in [-0.25, -0.2) is 0 Å². The molecule has 0 aromatic heterocycles. The van der Waals surface area contributed by atoms with E-state index in [-0.39, 0.29) is 0 Å². The first-order chi connectivity index (χ1) is 5.52. The third kappa shape index (κ3) is 2.63. The van der Waals surface area contributed by atoms with Crippen molar-refractivity contribution in [3.8, 4) is 0 Å². The predicted molar refractivity (Wildman–Crippen MR) is 59.3 cm³/mol. The Kier molecular flexibility index (Phi) is 3.42. The van der Waals surface area contributed by atoms with Gasteiger partial charge in [-0.1, -0.05) is 31.7 Å². The zero-order valence-corrected chi connectivity index (χ0v) is 10.1. The number of hydrogen-bond acceptors (Lipinski definition) is 0. The molecule has 2 heteroatoms. The van der Waals surface area contributed by atoms with Crippen molar-refractivity contribution >= 4 is 18.5 Å². The number of hydrogen-bond donors (Lipinski definition) is 0. The summed E-state index contributed by atoms with van der Waals surface area (Å²) in [4.78, 5) is 0. The molecule has 1 aliphatic rings. The van der Waals surface area contributed by atoms with Gasteiger partial charge in [0.25, 0.3) is 0 Å². The molecule has 0 nitrogen and oxygen atoms in total. The molecule has 0 amide bonds. The fourth-order valence-electron chi connectivity index (χ4n) is 1.70. The van der Waals surface area contributed by atoms with Gasteiger partial charge in [0.15, 0.2) is 7.38 Å². The molecule has 0 saturated heterocycles. The highest BCUT2D eigenvalue weighted by Crippen LogP contribution is 2.36. The lowest BCUT2D eigenvalue weighted by Gasteiger charge is -2.27. The van der Waals surface area contributed by atoms with E-state index in [4.69, 9.17) is 11.1 Å². The van der Waals surface area contributed by atoms with Gasteiger partial charge < -0.3 is 0 Å². The van der Waals surface area contributed by atoms with Crippen LogP contribution in [-0.2, 0) is 0 Å². The van der Waals surface area contributed by atoms with Crippen LogP contribution in [0.4, 0.5) is 0 Å². The standard InChI is InChI=1S/C10H19ClSi/c1-9(12(2,3)11)10-7-5-4-6-8-10/h7,9H,4-6,8H2,1-3H3. The predicted octanol–water partition coefficient (Wildman–Crippen LogP) is 4.32. The minimum absolute atomic E-state index is 0.666. The molecule has 1 unspecified atom stereocenters. The molecule has 0 aliphatic heterocycles.